The van der Waals surface area contributed by atoms with Gasteiger partial charge in [-0.2, -0.15) is 0 Å². The van der Waals surface area contributed by atoms with Crippen LogP contribution in [0.1, 0.15) is 10.4 Å². The number of hydrogen-bond acceptors (Lipinski definition) is 3. The second-order valence-electron chi connectivity index (χ2n) is 5.07. The molecule has 0 heterocycles. The Bertz CT molecular complexity index is 855. The summed E-state index contributed by atoms with van der Waals surface area (Å²) in [4.78, 5) is 24.0. The van der Waals surface area contributed by atoms with Crippen LogP contribution in [0.3, 0.4) is 0 Å². The van der Waals surface area contributed by atoms with Crippen molar-refractivity contribution in [3.8, 4) is 5.75 Å². The summed E-state index contributed by atoms with van der Waals surface area (Å²) in [7, 11) is 1.33. The smallest absolute Gasteiger partial charge is 0.406 e. The van der Waals surface area contributed by atoms with Gasteiger partial charge in [-0.3, -0.25) is 4.79 Å². The van der Waals surface area contributed by atoms with E-state index in [-0.39, 0.29) is 27.0 Å². The third-order valence-electron chi connectivity index (χ3n) is 3.06. The van der Waals surface area contributed by atoms with Crippen molar-refractivity contribution in [1.29, 1.82) is 0 Å². The number of benzene rings is 2. The highest BCUT2D eigenvalue weighted by atomic mass is 35.5. The van der Waals surface area contributed by atoms with Crippen molar-refractivity contribution in [2.24, 2.45) is 0 Å². The van der Waals surface area contributed by atoms with Gasteiger partial charge in [0.05, 0.1) is 11.3 Å². The summed E-state index contributed by atoms with van der Waals surface area (Å²) in [5.74, 6) is -1.22. The molecule has 6 nitrogen and oxygen atoms in total. The van der Waals surface area contributed by atoms with Gasteiger partial charge >= 0.3 is 12.4 Å². The standard InChI is InChI=1S/C16H12Cl2F3N3O3/c1-22-14(25)12-3-2-11(27-16(19,20)21)7-13(12)24-15(26)23-10-5-8(17)4-9(18)6-10/h2-7H,1H3,(H,22,25)(H2,23,24,26). The molecule has 0 aromatic heterocycles. The lowest BCUT2D eigenvalue weighted by Crippen LogP contribution is -2.24. The van der Waals surface area contributed by atoms with Crippen LogP contribution in [-0.4, -0.2) is 25.3 Å². The molecule has 0 spiro atoms. The number of alkyl halides is 3. The van der Waals surface area contributed by atoms with E-state index in [1.54, 1.807) is 0 Å². The SMILES string of the molecule is CNC(=O)c1ccc(OC(F)(F)F)cc1NC(=O)Nc1cc(Cl)cc(Cl)c1. The minimum Gasteiger partial charge on any atom is -0.406 e. The average Bonchev–Trinajstić information content (AvgIpc) is 2.51. The van der Waals surface area contributed by atoms with Crippen molar-refractivity contribution in [1.82, 2.24) is 5.32 Å². The maximum Gasteiger partial charge on any atom is 0.573 e. The molecule has 0 aliphatic carbocycles. The van der Waals surface area contributed by atoms with E-state index in [9.17, 15) is 22.8 Å². The van der Waals surface area contributed by atoms with Gasteiger partial charge in [0, 0.05) is 28.8 Å². The minimum atomic E-state index is -4.93. The Labute approximate surface area is 161 Å². The van der Waals surface area contributed by atoms with Gasteiger partial charge in [-0.05, 0) is 30.3 Å². The van der Waals surface area contributed by atoms with Crippen molar-refractivity contribution in [3.05, 3.63) is 52.0 Å². The molecule has 0 saturated carbocycles. The van der Waals surface area contributed by atoms with Gasteiger partial charge in [0.2, 0.25) is 0 Å². The quantitative estimate of drug-likeness (QED) is 0.656. The van der Waals surface area contributed by atoms with E-state index in [0.717, 1.165) is 18.2 Å². The molecular formula is C16H12Cl2F3N3O3. The molecule has 3 amide bonds. The normalized spacial score (nSPS) is 10.9. The average molecular weight is 422 g/mol. The molecule has 0 aliphatic rings. The molecule has 0 unspecified atom stereocenters. The lowest BCUT2D eigenvalue weighted by atomic mass is 10.1. The fourth-order valence-corrected chi connectivity index (χ4v) is 2.59. The molecule has 2 aromatic rings. The fourth-order valence-electron chi connectivity index (χ4n) is 2.07. The molecule has 0 atom stereocenters. The third kappa shape index (κ3) is 6.22. The predicted octanol–water partition coefficient (Wildman–Crippen LogP) is 4.90. The van der Waals surface area contributed by atoms with Crippen LogP contribution >= 0.6 is 23.2 Å². The third-order valence-corrected chi connectivity index (χ3v) is 3.50. The Hall–Kier alpha value is -2.65. The van der Waals surface area contributed by atoms with Crippen LogP contribution in [-0.2, 0) is 0 Å². The number of ether oxygens (including phenoxy) is 1. The highest BCUT2D eigenvalue weighted by Gasteiger charge is 2.31. The summed E-state index contributed by atoms with van der Waals surface area (Å²) in [6, 6.07) is 6.37. The van der Waals surface area contributed by atoms with E-state index in [4.69, 9.17) is 23.2 Å². The molecule has 2 rings (SSSR count). The van der Waals surface area contributed by atoms with E-state index >= 15 is 0 Å². The first-order valence-corrected chi connectivity index (χ1v) is 7.99. The van der Waals surface area contributed by atoms with E-state index in [1.165, 1.54) is 25.2 Å². The van der Waals surface area contributed by atoms with Crippen LogP contribution in [0.15, 0.2) is 36.4 Å². The topological polar surface area (TPSA) is 79.5 Å². The highest BCUT2D eigenvalue weighted by Crippen LogP contribution is 2.28. The maximum absolute atomic E-state index is 12.4. The number of urea groups is 1. The zero-order valence-corrected chi connectivity index (χ0v) is 15.1. The summed E-state index contributed by atoms with van der Waals surface area (Å²) >= 11 is 11.7. The first-order chi connectivity index (χ1) is 12.6. The highest BCUT2D eigenvalue weighted by molar-refractivity contribution is 6.35. The number of carbonyl (C=O) groups excluding carboxylic acids is 2. The molecular weight excluding hydrogens is 410 g/mol. The zero-order valence-electron chi connectivity index (χ0n) is 13.6. The number of rotatable bonds is 4. The lowest BCUT2D eigenvalue weighted by Gasteiger charge is -2.14. The van der Waals surface area contributed by atoms with E-state index in [0.29, 0.717) is 0 Å². The molecule has 0 aliphatic heterocycles. The number of halogens is 5. The van der Waals surface area contributed by atoms with Crippen molar-refractivity contribution < 1.29 is 27.5 Å². The summed E-state index contributed by atoms with van der Waals surface area (Å²) in [6.07, 6.45) is -4.93. The van der Waals surface area contributed by atoms with Gasteiger partial charge in [0.25, 0.3) is 5.91 Å². The van der Waals surface area contributed by atoms with Crippen LogP contribution in [0.5, 0.6) is 5.75 Å². The molecule has 0 bridgehead atoms. The van der Waals surface area contributed by atoms with Crippen LogP contribution in [0.25, 0.3) is 0 Å². The van der Waals surface area contributed by atoms with E-state index in [1.807, 2.05) is 0 Å². The molecule has 11 heteroatoms. The second-order valence-corrected chi connectivity index (χ2v) is 5.94. The lowest BCUT2D eigenvalue weighted by molar-refractivity contribution is -0.274. The van der Waals surface area contributed by atoms with Crippen molar-refractivity contribution in [3.63, 3.8) is 0 Å². The van der Waals surface area contributed by atoms with Gasteiger partial charge in [0.15, 0.2) is 0 Å². The van der Waals surface area contributed by atoms with Crippen molar-refractivity contribution >= 4 is 46.5 Å². The molecule has 0 saturated heterocycles. The number of amides is 3. The maximum atomic E-state index is 12.4. The Morgan fingerprint density at radius 3 is 2.19 bits per heavy atom. The van der Waals surface area contributed by atoms with Gasteiger partial charge in [-0.15, -0.1) is 13.2 Å². The van der Waals surface area contributed by atoms with Gasteiger partial charge in [0.1, 0.15) is 5.75 Å². The van der Waals surface area contributed by atoms with Gasteiger partial charge in [-0.1, -0.05) is 23.2 Å². The molecule has 144 valence electrons. The van der Waals surface area contributed by atoms with Crippen molar-refractivity contribution in [2.75, 3.05) is 17.7 Å². The first-order valence-electron chi connectivity index (χ1n) is 7.23. The largest absolute Gasteiger partial charge is 0.573 e. The summed E-state index contributed by atoms with van der Waals surface area (Å²) in [5, 5.41) is 7.56. The first kappa shape index (κ1) is 20.7. The summed E-state index contributed by atoms with van der Waals surface area (Å²) in [6.45, 7) is 0. The second kappa shape index (κ2) is 8.36. The van der Waals surface area contributed by atoms with Crippen LogP contribution in [0.4, 0.5) is 29.3 Å². The predicted molar refractivity (Wildman–Crippen MR) is 95.6 cm³/mol. The monoisotopic (exact) mass is 421 g/mol. The van der Waals surface area contributed by atoms with Crippen LogP contribution < -0.4 is 20.7 Å². The number of anilines is 2. The minimum absolute atomic E-state index is 0.0636. The molecule has 0 radical (unpaired) electrons. The van der Waals surface area contributed by atoms with E-state index < -0.39 is 24.1 Å². The van der Waals surface area contributed by atoms with Crippen LogP contribution in [0, 0.1) is 0 Å². The molecule has 2 aromatic carbocycles. The Morgan fingerprint density at radius 1 is 1.00 bits per heavy atom. The van der Waals surface area contributed by atoms with Gasteiger partial charge < -0.3 is 20.7 Å². The number of hydrogen-bond donors (Lipinski definition) is 3. The Morgan fingerprint density at radius 2 is 1.63 bits per heavy atom. The number of carbonyl (C=O) groups is 2. The summed E-state index contributed by atoms with van der Waals surface area (Å²) < 4.78 is 41.0. The number of nitrogens with one attached hydrogen (secondary N) is 3. The Balaban J connectivity index is 2.26. The van der Waals surface area contributed by atoms with Crippen LogP contribution in [0.2, 0.25) is 10.0 Å². The van der Waals surface area contributed by atoms with Gasteiger partial charge in [-0.25, -0.2) is 4.79 Å². The summed E-state index contributed by atoms with van der Waals surface area (Å²) in [5.41, 5.74) is -0.0118. The fraction of sp³-hybridized carbons (Fsp3) is 0.125. The van der Waals surface area contributed by atoms with E-state index in [2.05, 4.69) is 20.7 Å². The molecule has 0 fully saturated rings. The zero-order chi connectivity index (χ0) is 20.2. The Kier molecular flexibility index (Phi) is 6.40. The molecule has 3 N–H and O–H groups in total. The molecule has 27 heavy (non-hydrogen) atoms. The van der Waals surface area contributed by atoms with Crippen molar-refractivity contribution in [2.45, 2.75) is 6.36 Å².